The van der Waals surface area contributed by atoms with E-state index in [0.717, 1.165) is 31.1 Å². The largest absolute Gasteiger partial charge is 0.243 e. The fourth-order valence-electron chi connectivity index (χ4n) is 1.50. The first-order valence-electron chi connectivity index (χ1n) is 5.81. The third-order valence-corrected chi connectivity index (χ3v) is 4.63. The number of benzene rings is 1. The Bertz CT molecular complexity index is 463. The van der Waals surface area contributed by atoms with Crippen LogP contribution in [0.1, 0.15) is 19.3 Å². The van der Waals surface area contributed by atoms with Crippen LogP contribution in [-0.2, 0) is 10.0 Å². The molecule has 1 rings (SSSR count). The molecule has 102 valence electrons. The van der Waals surface area contributed by atoms with Gasteiger partial charge in [-0.3, -0.25) is 0 Å². The van der Waals surface area contributed by atoms with Gasteiger partial charge in [0.1, 0.15) is 10.7 Å². The Morgan fingerprint density at radius 1 is 1.22 bits per heavy atom. The summed E-state index contributed by atoms with van der Waals surface area (Å²) >= 11 is 1.78. The van der Waals surface area contributed by atoms with Crippen molar-refractivity contribution in [1.29, 1.82) is 0 Å². The second-order valence-electron chi connectivity index (χ2n) is 3.88. The Hall–Kier alpha value is -0.590. The Morgan fingerprint density at radius 2 is 1.94 bits per heavy atom. The second kappa shape index (κ2) is 7.76. The Balaban J connectivity index is 2.44. The van der Waals surface area contributed by atoms with Crippen molar-refractivity contribution >= 4 is 21.8 Å². The molecule has 1 N–H and O–H groups in total. The van der Waals surface area contributed by atoms with Crippen molar-refractivity contribution in [3.8, 4) is 0 Å². The van der Waals surface area contributed by atoms with Crippen LogP contribution < -0.4 is 4.72 Å². The highest BCUT2D eigenvalue weighted by Crippen LogP contribution is 2.13. The van der Waals surface area contributed by atoms with Gasteiger partial charge in [-0.2, -0.15) is 11.8 Å². The maximum atomic E-state index is 13.3. The molecule has 0 aromatic heterocycles. The van der Waals surface area contributed by atoms with Gasteiger partial charge < -0.3 is 0 Å². The van der Waals surface area contributed by atoms with Crippen LogP contribution in [0.4, 0.5) is 4.39 Å². The summed E-state index contributed by atoms with van der Waals surface area (Å²) in [7, 11) is -3.71. The minimum Gasteiger partial charge on any atom is -0.211 e. The normalized spacial score (nSPS) is 11.7. The first-order valence-corrected chi connectivity index (χ1v) is 8.69. The highest BCUT2D eigenvalue weighted by Gasteiger charge is 2.17. The van der Waals surface area contributed by atoms with E-state index >= 15 is 0 Å². The van der Waals surface area contributed by atoms with Gasteiger partial charge >= 0.3 is 0 Å². The predicted octanol–water partition coefficient (Wildman–Crippen LogP) is 2.64. The van der Waals surface area contributed by atoms with Crippen molar-refractivity contribution in [1.82, 2.24) is 4.72 Å². The minimum absolute atomic E-state index is 0.283. The molecular formula is C12H18FNO2S2. The molecule has 18 heavy (non-hydrogen) atoms. The lowest BCUT2D eigenvalue weighted by molar-refractivity contribution is 0.554. The Morgan fingerprint density at radius 3 is 2.61 bits per heavy atom. The molecular weight excluding hydrogens is 273 g/mol. The number of halogens is 1. The second-order valence-corrected chi connectivity index (χ2v) is 6.60. The monoisotopic (exact) mass is 291 g/mol. The van der Waals surface area contributed by atoms with Crippen LogP contribution in [0.5, 0.6) is 0 Å². The van der Waals surface area contributed by atoms with Crippen molar-refractivity contribution in [2.75, 3.05) is 18.6 Å². The average Bonchev–Trinajstić information content (AvgIpc) is 2.34. The van der Waals surface area contributed by atoms with Crippen molar-refractivity contribution in [3.05, 3.63) is 30.1 Å². The zero-order chi connectivity index (χ0) is 13.4. The van der Waals surface area contributed by atoms with E-state index in [1.165, 1.54) is 18.2 Å². The van der Waals surface area contributed by atoms with Gasteiger partial charge in [-0.05, 0) is 37.0 Å². The molecule has 6 heteroatoms. The summed E-state index contributed by atoms with van der Waals surface area (Å²) in [4.78, 5) is -0.283. The van der Waals surface area contributed by atoms with E-state index in [2.05, 4.69) is 4.72 Å². The molecule has 0 bridgehead atoms. The average molecular weight is 291 g/mol. The van der Waals surface area contributed by atoms with Crippen LogP contribution in [0.3, 0.4) is 0 Å². The number of thioether (sulfide) groups is 1. The van der Waals surface area contributed by atoms with E-state index in [4.69, 9.17) is 0 Å². The minimum atomic E-state index is -3.71. The zero-order valence-electron chi connectivity index (χ0n) is 10.4. The van der Waals surface area contributed by atoms with Crippen LogP contribution in [0, 0.1) is 5.82 Å². The van der Waals surface area contributed by atoms with Crippen LogP contribution >= 0.6 is 11.8 Å². The van der Waals surface area contributed by atoms with Crippen molar-refractivity contribution in [2.24, 2.45) is 0 Å². The molecule has 0 fully saturated rings. The standard InChI is InChI=1S/C12H18FNO2S2/c1-17-10-6-2-5-9-14-18(15,16)12-8-4-3-7-11(12)13/h3-4,7-8,14H,2,5-6,9-10H2,1H3. The number of sulfonamides is 1. The number of hydrogen-bond acceptors (Lipinski definition) is 3. The molecule has 0 atom stereocenters. The predicted molar refractivity (Wildman–Crippen MR) is 73.8 cm³/mol. The molecule has 1 aromatic carbocycles. The fourth-order valence-corrected chi connectivity index (χ4v) is 3.14. The molecule has 0 aliphatic heterocycles. The van der Waals surface area contributed by atoms with Gasteiger partial charge in [-0.15, -0.1) is 0 Å². The number of unbranched alkanes of at least 4 members (excludes halogenated alkanes) is 2. The molecule has 0 aliphatic carbocycles. The molecule has 0 saturated carbocycles. The van der Waals surface area contributed by atoms with Gasteiger partial charge in [0.05, 0.1) is 0 Å². The molecule has 0 aliphatic rings. The summed E-state index contributed by atoms with van der Waals surface area (Å²) in [5.41, 5.74) is 0. The third kappa shape index (κ3) is 4.96. The Kier molecular flexibility index (Phi) is 6.67. The third-order valence-electron chi connectivity index (χ3n) is 2.44. The number of hydrogen-bond donors (Lipinski definition) is 1. The maximum Gasteiger partial charge on any atom is 0.243 e. The first kappa shape index (κ1) is 15.5. The lowest BCUT2D eigenvalue weighted by Crippen LogP contribution is -2.25. The van der Waals surface area contributed by atoms with E-state index < -0.39 is 15.8 Å². The van der Waals surface area contributed by atoms with Crippen LogP contribution in [0.15, 0.2) is 29.2 Å². The summed E-state index contributed by atoms with van der Waals surface area (Å²) < 4.78 is 39.3. The molecule has 0 heterocycles. The fraction of sp³-hybridized carbons (Fsp3) is 0.500. The van der Waals surface area contributed by atoms with Gasteiger partial charge in [-0.1, -0.05) is 18.6 Å². The highest BCUT2D eigenvalue weighted by molar-refractivity contribution is 7.98. The van der Waals surface area contributed by atoms with E-state index in [1.54, 1.807) is 11.8 Å². The molecule has 3 nitrogen and oxygen atoms in total. The van der Waals surface area contributed by atoms with Gasteiger partial charge in [0, 0.05) is 6.54 Å². The van der Waals surface area contributed by atoms with Gasteiger partial charge in [-0.25, -0.2) is 17.5 Å². The number of nitrogens with one attached hydrogen (secondary N) is 1. The van der Waals surface area contributed by atoms with Crippen LogP contribution in [0.2, 0.25) is 0 Å². The van der Waals surface area contributed by atoms with Crippen molar-refractivity contribution in [2.45, 2.75) is 24.2 Å². The topological polar surface area (TPSA) is 46.2 Å². The number of rotatable bonds is 8. The maximum absolute atomic E-state index is 13.3. The summed E-state index contributed by atoms with van der Waals surface area (Å²) in [6.45, 7) is 0.352. The first-order chi connectivity index (χ1) is 8.58. The molecule has 0 saturated heterocycles. The van der Waals surface area contributed by atoms with E-state index in [0.29, 0.717) is 6.54 Å². The Labute approximate surface area is 112 Å². The zero-order valence-corrected chi connectivity index (χ0v) is 12.0. The lowest BCUT2D eigenvalue weighted by Gasteiger charge is -2.07. The van der Waals surface area contributed by atoms with Crippen molar-refractivity contribution in [3.63, 3.8) is 0 Å². The van der Waals surface area contributed by atoms with Gasteiger partial charge in [0.25, 0.3) is 0 Å². The molecule has 0 radical (unpaired) electrons. The van der Waals surface area contributed by atoms with Crippen LogP contribution in [-0.4, -0.2) is 27.0 Å². The van der Waals surface area contributed by atoms with Gasteiger partial charge in [0.2, 0.25) is 10.0 Å². The molecule has 1 aromatic rings. The summed E-state index contributed by atoms with van der Waals surface area (Å²) in [6, 6.07) is 5.39. The summed E-state index contributed by atoms with van der Waals surface area (Å²) in [5, 5.41) is 0. The molecule has 0 spiro atoms. The SMILES string of the molecule is CSCCCCCNS(=O)(=O)c1ccccc1F. The van der Waals surface area contributed by atoms with E-state index in [9.17, 15) is 12.8 Å². The van der Waals surface area contributed by atoms with Gasteiger partial charge in [0.15, 0.2) is 0 Å². The van der Waals surface area contributed by atoms with E-state index in [-0.39, 0.29) is 4.90 Å². The molecule has 0 unspecified atom stereocenters. The van der Waals surface area contributed by atoms with Crippen LogP contribution in [0.25, 0.3) is 0 Å². The van der Waals surface area contributed by atoms with Crippen molar-refractivity contribution < 1.29 is 12.8 Å². The summed E-state index contributed by atoms with van der Waals surface area (Å²) in [6.07, 6.45) is 4.86. The molecule has 0 amide bonds. The smallest absolute Gasteiger partial charge is 0.211 e. The summed E-state index contributed by atoms with van der Waals surface area (Å²) in [5.74, 6) is 0.368. The highest BCUT2D eigenvalue weighted by atomic mass is 32.2. The van der Waals surface area contributed by atoms with E-state index in [1.807, 2.05) is 6.26 Å². The quantitative estimate of drug-likeness (QED) is 0.749. The lowest BCUT2D eigenvalue weighted by atomic mass is 10.2.